The van der Waals surface area contributed by atoms with E-state index in [0.29, 0.717) is 22.4 Å². The normalized spacial score (nSPS) is 15.6. The Kier molecular flexibility index (Phi) is 4.22. The minimum absolute atomic E-state index is 0.0295. The molecule has 142 valence electrons. The number of nitrogens with zero attached hydrogens (tertiary/aromatic N) is 1. The van der Waals surface area contributed by atoms with E-state index in [0.717, 1.165) is 22.2 Å². The van der Waals surface area contributed by atoms with Crippen LogP contribution in [0.15, 0.2) is 36.4 Å². The van der Waals surface area contributed by atoms with Crippen LogP contribution in [0.1, 0.15) is 46.6 Å². The van der Waals surface area contributed by atoms with Gasteiger partial charge < -0.3 is 19.9 Å². The highest BCUT2D eigenvalue weighted by Crippen LogP contribution is 2.44. The van der Waals surface area contributed by atoms with E-state index < -0.39 is 11.5 Å². The molecular weight excluding hydrogens is 356 g/mol. The van der Waals surface area contributed by atoms with Crippen molar-refractivity contribution in [3.8, 4) is 11.8 Å². The number of hydrogen-bond donors (Lipinski definition) is 3. The molecule has 0 bridgehead atoms. The van der Waals surface area contributed by atoms with Crippen LogP contribution < -0.4 is 4.74 Å². The molecule has 0 aliphatic heterocycles. The lowest BCUT2D eigenvalue weighted by Crippen LogP contribution is -2.30. The first kappa shape index (κ1) is 18.2. The topological polar surface area (TPSA) is 106 Å². The summed E-state index contributed by atoms with van der Waals surface area (Å²) in [7, 11) is 0. The molecule has 1 aliphatic rings. The zero-order valence-corrected chi connectivity index (χ0v) is 15.6. The molecule has 28 heavy (non-hydrogen) atoms. The number of aliphatic hydroxyl groups excluding tert-OH is 2. The molecule has 0 amide bonds. The fraction of sp³-hybridized carbons (Fsp3) is 0.273. The molecule has 0 saturated heterocycles. The number of nitriles is 1. The van der Waals surface area contributed by atoms with Crippen molar-refractivity contribution < 1.29 is 19.7 Å². The number of carbonyl (C=O) groups is 1. The van der Waals surface area contributed by atoms with E-state index in [4.69, 9.17) is 15.1 Å². The highest BCUT2D eigenvalue weighted by Gasteiger charge is 2.39. The summed E-state index contributed by atoms with van der Waals surface area (Å²) >= 11 is 0. The lowest BCUT2D eigenvalue weighted by Gasteiger charge is -2.32. The van der Waals surface area contributed by atoms with E-state index in [1.54, 1.807) is 24.3 Å². The van der Waals surface area contributed by atoms with E-state index in [9.17, 15) is 9.90 Å². The molecule has 1 heterocycles. The molecule has 0 radical (unpaired) electrons. The summed E-state index contributed by atoms with van der Waals surface area (Å²) < 4.78 is 5.56. The van der Waals surface area contributed by atoms with Crippen LogP contribution in [0, 0.1) is 11.3 Å². The van der Waals surface area contributed by atoms with Crippen molar-refractivity contribution in [2.24, 2.45) is 0 Å². The first-order valence-corrected chi connectivity index (χ1v) is 9.04. The molecule has 3 aromatic rings. The van der Waals surface area contributed by atoms with Gasteiger partial charge in [0.2, 0.25) is 0 Å². The molecular formula is C22H20N2O4. The molecule has 4 rings (SSSR count). The van der Waals surface area contributed by atoms with Crippen LogP contribution in [0.2, 0.25) is 0 Å². The third-order valence-corrected chi connectivity index (χ3v) is 5.34. The molecule has 0 saturated carbocycles. The van der Waals surface area contributed by atoms with Crippen molar-refractivity contribution in [3.05, 3.63) is 64.3 Å². The Hall–Kier alpha value is -3.14. The molecule has 0 spiro atoms. The number of hydrogen-bond acceptors (Lipinski definition) is 5. The van der Waals surface area contributed by atoms with Crippen molar-refractivity contribution in [1.82, 2.24) is 4.98 Å². The minimum atomic E-state index is -0.958. The third kappa shape index (κ3) is 2.68. The predicted molar refractivity (Wildman–Crippen MR) is 104 cm³/mol. The van der Waals surface area contributed by atoms with Gasteiger partial charge in [-0.15, -0.1) is 0 Å². The number of rotatable bonds is 4. The molecule has 2 aromatic carbocycles. The number of benzene rings is 2. The number of ether oxygens (including phenoxy) is 1. The fourth-order valence-electron chi connectivity index (χ4n) is 3.81. The fourth-order valence-corrected chi connectivity index (χ4v) is 3.81. The summed E-state index contributed by atoms with van der Waals surface area (Å²) in [6.07, 6.45) is -0.958. The zero-order chi connectivity index (χ0) is 20.1. The van der Waals surface area contributed by atoms with Crippen LogP contribution in [-0.2, 0) is 5.41 Å². The summed E-state index contributed by atoms with van der Waals surface area (Å²) in [6.45, 7) is 3.66. The van der Waals surface area contributed by atoms with Crippen LogP contribution in [0.5, 0.6) is 5.75 Å². The number of ketones is 1. The van der Waals surface area contributed by atoms with Gasteiger partial charge >= 0.3 is 0 Å². The summed E-state index contributed by atoms with van der Waals surface area (Å²) in [6, 6.07) is 12.7. The summed E-state index contributed by atoms with van der Waals surface area (Å²) in [5.74, 6) is 0.459. The molecule has 1 unspecified atom stereocenters. The third-order valence-electron chi connectivity index (χ3n) is 5.34. The second-order valence-corrected chi connectivity index (χ2v) is 7.56. The average molecular weight is 376 g/mol. The van der Waals surface area contributed by atoms with Crippen molar-refractivity contribution in [1.29, 1.82) is 5.26 Å². The Morgan fingerprint density at radius 3 is 2.75 bits per heavy atom. The monoisotopic (exact) mass is 376 g/mol. The van der Waals surface area contributed by atoms with E-state index in [1.165, 1.54) is 0 Å². The standard InChI is InChI=1S/C22H20N2O4/c1-22(2)17-8-14(28-11-13(26)10-25)4-6-15(17)20(27)19-16-5-3-12(9-23)7-18(16)24-21(19)22/h3-8,13,24-26H,10-11H2,1-2H3. The van der Waals surface area contributed by atoms with Gasteiger partial charge in [0, 0.05) is 27.6 Å². The summed E-state index contributed by atoms with van der Waals surface area (Å²) in [4.78, 5) is 16.6. The van der Waals surface area contributed by atoms with Gasteiger partial charge in [0.15, 0.2) is 5.78 Å². The first-order chi connectivity index (χ1) is 13.4. The van der Waals surface area contributed by atoms with Gasteiger partial charge in [0.25, 0.3) is 0 Å². The summed E-state index contributed by atoms with van der Waals surface area (Å²) in [5.41, 5.74) is 3.70. The molecule has 0 fully saturated rings. The van der Waals surface area contributed by atoms with Crippen LogP contribution in [0.25, 0.3) is 10.9 Å². The highest BCUT2D eigenvalue weighted by molar-refractivity contribution is 6.20. The van der Waals surface area contributed by atoms with Crippen molar-refractivity contribution in [3.63, 3.8) is 0 Å². The smallest absolute Gasteiger partial charge is 0.195 e. The largest absolute Gasteiger partial charge is 0.491 e. The molecule has 6 heteroatoms. The molecule has 3 N–H and O–H groups in total. The van der Waals surface area contributed by atoms with Crippen molar-refractivity contribution in [2.45, 2.75) is 25.4 Å². The number of nitrogens with one attached hydrogen (secondary N) is 1. The van der Waals surface area contributed by atoms with Gasteiger partial charge in [-0.05, 0) is 35.9 Å². The van der Waals surface area contributed by atoms with E-state index >= 15 is 0 Å². The second kappa shape index (κ2) is 6.48. The predicted octanol–water partition coefficient (Wildman–Crippen LogP) is 2.64. The van der Waals surface area contributed by atoms with Gasteiger partial charge in [-0.25, -0.2) is 0 Å². The van der Waals surface area contributed by atoms with Crippen molar-refractivity contribution in [2.75, 3.05) is 13.2 Å². The number of aliphatic hydroxyl groups is 2. The van der Waals surface area contributed by atoms with Crippen LogP contribution >= 0.6 is 0 Å². The van der Waals surface area contributed by atoms with Crippen LogP contribution in [0.4, 0.5) is 0 Å². The van der Waals surface area contributed by atoms with Gasteiger partial charge in [-0.1, -0.05) is 19.9 Å². The van der Waals surface area contributed by atoms with Gasteiger partial charge in [-0.3, -0.25) is 4.79 Å². The lowest BCUT2D eigenvalue weighted by molar-refractivity contribution is 0.0535. The highest BCUT2D eigenvalue weighted by atomic mass is 16.5. The Balaban J connectivity index is 1.83. The van der Waals surface area contributed by atoms with Gasteiger partial charge in [0.1, 0.15) is 18.5 Å². The quantitative estimate of drug-likeness (QED) is 0.649. The van der Waals surface area contributed by atoms with E-state index in [2.05, 4.69) is 11.1 Å². The van der Waals surface area contributed by atoms with E-state index in [-0.39, 0.29) is 19.0 Å². The zero-order valence-electron chi connectivity index (χ0n) is 15.6. The number of H-pyrrole nitrogens is 1. The number of aromatic amines is 1. The number of aromatic nitrogens is 1. The lowest BCUT2D eigenvalue weighted by atomic mass is 9.71. The number of fused-ring (bicyclic) bond motifs is 4. The Morgan fingerprint density at radius 1 is 1.25 bits per heavy atom. The van der Waals surface area contributed by atoms with Crippen LogP contribution in [-0.4, -0.2) is 40.3 Å². The van der Waals surface area contributed by atoms with Gasteiger partial charge in [-0.2, -0.15) is 5.26 Å². The molecule has 6 nitrogen and oxygen atoms in total. The molecule has 1 aromatic heterocycles. The van der Waals surface area contributed by atoms with Crippen molar-refractivity contribution >= 4 is 16.7 Å². The summed E-state index contributed by atoms with van der Waals surface area (Å²) in [5, 5.41) is 28.4. The molecule has 1 aliphatic carbocycles. The first-order valence-electron chi connectivity index (χ1n) is 9.04. The Morgan fingerprint density at radius 2 is 2.04 bits per heavy atom. The minimum Gasteiger partial charge on any atom is -0.491 e. The number of carbonyl (C=O) groups excluding carboxylic acids is 1. The maximum Gasteiger partial charge on any atom is 0.195 e. The Labute approximate surface area is 162 Å². The molecule has 1 atom stereocenters. The van der Waals surface area contributed by atoms with E-state index in [1.807, 2.05) is 26.0 Å². The maximum atomic E-state index is 13.3. The SMILES string of the molecule is CC1(C)c2cc(OCC(O)CO)ccc2C(=O)c2c1[nH]c1cc(C#N)ccc21. The Bertz CT molecular complexity index is 1140. The van der Waals surface area contributed by atoms with Gasteiger partial charge in [0.05, 0.1) is 23.8 Å². The second-order valence-electron chi connectivity index (χ2n) is 7.56. The maximum absolute atomic E-state index is 13.3. The van der Waals surface area contributed by atoms with Crippen LogP contribution in [0.3, 0.4) is 0 Å². The average Bonchev–Trinajstić information content (AvgIpc) is 3.10.